The van der Waals surface area contributed by atoms with E-state index in [-0.39, 0.29) is 11.8 Å². The van der Waals surface area contributed by atoms with Gasteiger partial charge in [0.1, 0.15) is 9.71 Å². The van der Waals surface area contributed by atoms with Crippen LogP contribution in [0.5, 0.6) is 0 Å². The predicted octanol–water partition coefficient (Wildman–Crippen LogP) is 5.24. The van der Waals surface area contributed by atoms with E-state index in [4.69, 9.17) is 0 Å². The summed E-state index contributed by atoms with van der Waals surface area (Å²) in [5.74, 6) is 0.197. The molecule has 0 fully saturated rings. The van der Waals surface area contributed by atoms with E-state index in [1.165, 1.54) is 16.9 Å². The van der Waals surface area contributed by atoms with Crippen molar-refractivity contribution in [1.29, 1.82) is 0 Å². The molecule has 3 heterocycles. The van der Waals surface area contributed by atoms with E-state index in [2.05, 4.69) is 42.3 Å². The van der Waals surface area contributed by atoms with Crippen LogP contribution in [0, 0.1) is 13.8 Å². The van der Waals surface area contributed by atoms with Gasteiger partial charge in [0.15, 0.2) is 0 Å². The molecule has 5 heteroatoms. The largest absolute Gasteiger partial charge is 0.351 e. The number of fused-ring (bicyclic) bond motifs is 1. The second-order valence-electron chi connectivity index (χ2n) is 7.15. The Morgan fingerprint density at radius 2 is 1.86 bits per heavy atom. The van der Waals surface area contributed by atoms with Gasteiger partial charge in [-0.05, 0) is 49.1 Å². The number of benzene rings is 1. The number of pyridine rings is 1. The molecule has 142 valence electrons. The van der Waals surface area contributed by atoms with Gasteiger partial charge in [0.25, 0.3) is 5.91 Å². The highest BCUT2D eigenvalue weighted by molar-refractivity contribution is 7.21. The maximum Gasteiger partial charge on any atom is 0.263 e. The molecule has 0 aliphatic heterocycles. The van der Waals surface area contributed by atoms with Gasteiger partial charge in [0.2, 0.25) is 0 Å². The van der Waals surface area contributed by atoms with Gasteiger partial charge in [-0.1, -0.05) is 37.3 Å². The number of carbonyl (C=O) groups excluding carboxylic acids is 1. The number of thiophene rings is 1. The van der Waals surface area contributed by atoms with E-state index in [0.29, 0.717) is 11.4 Å². The van der Waals surface area contributed by atoms with Crippen molar-refractivity contribution < 1.29 is 4.79 Å². The molecule has 0 spiro atoms. The summed E-state index contributed by atoms with van der Waals surface area (Å²) in [5, 5.41) is 4.17. The molecule has 4 rings (SSSR count). The Labute approximate surface area is 168 Å². The zero-order chi connectivity index (χ0) is 19.7. The summed E-state index contributed by atoms with van der Waals surface area (Å²) < 4.78 is 2.01. The van der Waals surface area contributed by atoms with Gasteiger partial charge in [0.05, 0.1) is 5.69 Å². The van der Waals surface area contributed by atoms with Gasteiger partial charge >= 0.3 is 0 Å². The molecule has 0 radical (unpaired) electrons. The molecule has 0 aliphatic carbocycles. The van der Waals surface area contributed by atoms with Gasteiger partial charge in [-0.25, -0.2) is 4.98 Å². The number of nitrogens with zero attached hydrogens (tertiary/aromatic N) is 2. The number of carbonyl (C=O) groups is 1. The standard InChI is InChI=1S/C23H23N3OS/c1-15-13-17(3)25-23-19(15)20(26-11-7-8-12-26)21(28-23)22(27)24-14-16(2)18-9-5-4-6-10-18/h4-13,16H,14H2,1-3H3,(H,24,27)/t16-/m0/s1. The first-order valence-electron chi connectivity index (χ1n) is 9.42. The lowest BCUT2D eigenvalue weighted by Crippen LogP contribution is -2.27. The number of rotatable bonds is 5. The van der Waals surface area contributed by atoms with Crippen LogP contribution in [0.15, 0.2) is 60.9 Å². The summed E-state index contributed by atoms with van der Waals surface area (Å²) in [5.41, 5.74) is 4.24. The van der Waals surface area contributed by atoms with Crippen molar-refractivity contribution in [2.75, 3.05) is 6.54 Å². The van der Waals surface area contributed by atoms with Gasteiger partial charge in [-0.3, -0.25) is 4.79 Å². The second-order valence-corrected chi connectivity index (χ2v) is 8.15. The average molecular weight is 390 g/mol. The van der Waals surface area contributed by atoms with Crippen LogP contribution in [-0.4, -0.2) is 22.0 Å². The minimum Gasteiger partial charge on any atom is -0.351 e. The summed E-state index contributed by atoms with van der Waals surface area (Å²) in [6, 6.07) is 16.3. The fourth-order valence-electron chi connectivity index (χ4n) is 3.53. The molecular formula is C23H23N3OS. The maximum absolute atomic E-state index is 13.1. The second kappa shape index (κ2) is 7.60. The Bertz CT molecular complexity index is 1110. The highest BCUT2D eigenvalue weighted by Crippen LogP contribution is 2.35. The van der Waals surface area contributed by atoms with Gasteiger partial charge in [0, 0.05) is 30.0 Å². The third-order valence-electron chi connectivity index (χ3n) is 4.97. The molecule has 1 aromatic carbocycles. The minimum atomic E-state index is -0.0495. The highest BCUT2D eigenvalue weighted by Gasteiger charge is 2.22. The summed E-state index contributed by atoms with van der Waals surface area (Å²) in [7, 11) is 0. The van der Waals surface area contributed by atoms with Crippen molar-refractivity contribution in [2.24, 2.45) is 0 Å². The van der Waals surface area contributed by atoms with Gasteiger partial charge in [-0.15, -0.1) is 11.3 Å². The third kappa shape index (κ3) is 3.45. The maximum atomic E-state index is 13.1. The van der Waals surface area contributed by atoms with E-state index in [0.717, 1.165) is 27.2 Å². The zero-order valence-electron chi connectivity index (χ0n) is 16.3. The molecule has 1 amide bonds. The highest BCUT2D eigenvalue weighted by atomic mass is 32.1. The van der Waals surface area contributed by atoms with E-state index >= 15 is 0 Å². The molecule has 1 atom stereocenters. The van der Waals surface area contributed by atoms with E-state index < -0.39 is 0 Å². The molecule has 0 saturated carbocycles. The van der Waals surface area contributed by atoms with Crippen molar-refractivity contribution in [1.82, 2.24) is 14.9 Å². The van der Waals surface area contributed by atoms with Gasteiger partial charge in [-0.2, -0.15) is 0 Å². The molecule has 0 unspecified atom stereocenters. The summed E-state index contributed by atoms with van der Waals surface area (Å²) in [4.78, 5) is 19.4. The molecular weight excluding hydrogens is 366 g/mol. The first-order valence-corrected chi connectivity index (χ1v) is 10.2. The van der Waals surface area contributed by atoms with Crippen LogP contribution < -0.4 is 5.32 Å². The van der Waals surface area contributed by atoms with Crippen molar-refractivity contribution in [3.8, 4) is 5.69 Å². The van der Waals surface area contributed by atoms with Crippen molar-refractivity contribution in [2.45, 2.75) is 26.7 Å². The van der Waals surface area contributed by atoms with Crippen molar-refractivity contribution in [3.05, 3.63) is 82.6 Å². The molecule has 0 bridgehead atoms. The Morgan fingerprint density at radius 1 is 1.14 bits per heavy atom. The predicted molar refractivity (Wildman–Crippen MR) is 116 cm³/mol. The molecule has 4 aromatic rings. The number of hydrogen-bond donors (Lipinski definition) is 1. The van der Waals surface area contributed by atoms with Crippen molar-refractivity contribution in [3.63, 3.8) is 0 Å². The van der Waals surface area contributed by atoms with E-state index in [9.17, 15) is 4.79 Å². The molecule has 0 aliphatic rings. The van der Waals surface area contributed by atoms with Crippen LogP contribution >= 0.6 is 11.3 Å². The fourth-order valence-corrected chi connectivity index (χ4v) is 4.74. The minimum absolute atomic E-state index is 0.0495. The topological polar surface area (TPSA) is 46.9 Å². The molecule has 1 N–H and O–H groups in total. The van der Waals surface area contributed by atoms with Crippen LogP contribution in [0.4, 0.5) is 0 Å². The first-order chi connectivity index (χ1) is 13.5. The molecule has 4 nitrogen and oxygen atoms in total. The Morgan fingerprint density at radius 3 is 2.57 bits per heavy atom. The number of hydrogen-bond acceptors (Lipinski definition) is 3. The number of nitrogens with one attached hydrogen (secondary N) is 1. The van der Waals surface area contributed by atoms with Crippen LogP contribution in [-0.2, 0) is 0 Å². The lowest BCUT2D eigenvalue weighted by Gasteiger charge is -2.13. The lowest BCUT2D eigenvalue weighted by molar-refractivity contribution is 0.0956. The summed E-state index contributed by atoms with van der Waals surface area (Å²) >= 11 is 1.46. The molecule has 28 heavy (non-hydrogen) atoms. The Balaban J connectivity index is 1.69. The van der Waals surface area contributed by atoms with Crippen molar-refractivity contribution >= 4 is 27.5 Å². The van der Waals surface area contributed by atoms with Crippen LogP contribution in [0.2, 0.25) is 0 Å². The molecule has 3 aromatic heterocycles. The average Bonchev–Trinajstić information content (AvgIpc) is 3.33. The number of aromatic nitrogens is 2. The quantitative estimate of drug-likeness (QED) is 0.507. The number of amides is 1. The zero-order valence-corrected chi connectivity index (χ0v) is 17.1. The third-order valence-corrected chi connectivity index (χ3v) is 6.04. The van der Waals surface area contributed by atoms with Gasteiger partial charge < -0.3 is 9.88 Å². The normalized spacial score (nSPS) is 12.2. The van der Waals surface area contributed by atoms with E-state index in [1.807, 2.05) is 54.2 Å². The first kappa shape index (κ1) is 18.4. The van der Waals surface area contributed by atoms with E-state index in [1.54, 1.807) is 0 Å². The lowest BCUT2D eigenvalue weighted by atomic mass is 10.0. The fraction of sp³-hybridized carbons (Fsp3) is 0.217. The van der Waals surface area contributed by atoms with Crippen LogP contribution in [0.1, 0.15) is 39.3 Å². The Kier molecular flexibility index (Phi) is 5.01. The SMILES string of the molecule is Cc1cc(C)c2c(-n3cccc3)c(C(=O)NC[C@H](C)c3ccccc3)sc2n1. The summed E-state index contributed by atoms with van der Waals surface area (Å²) in [6.45, 7) is 6.79. The Hall–Kier alpha value is -2.92. The monoisotopic (exact) mass is 389 g/mol. The molecule has 0 saturated heterocycles. The number of aryl methyl sites for hydroxylation is 2. The smallest absolute Gasteiger partial charge is 0.263 e. The van der Waals surface area contributed by atoms with Crippen LogP contribution in [0.25, 0.3) is 15.9 Å². The van der Waals surface area contributed by atoms with Crippen LogP contribution in [0.3, 0.4) is 0 Å². The summed E-state index contributed by atoms with van der Waals surface area (Å²) in [6.07, 6.45) is 3.95.